The maximum absolute atomic E-state index is 5.55. The zero-order valence-electron chi connectivity index (χ0n) is 12.8. The molecule has 0 spiro atoms. The topological polar surface area (TPSA) is 30.5 Å². The summed E-state index contributed by atoms with van der Waals surface area (Å²) >= 11 is 0. The molecule has 0 amide bonds. The minimum Gasteiger partial charge on any atom is -0.493 e. The predicted octanol–water partition coefficient (Wildman–Crippen LogP) is 3.79. The number of ether oxygens (including phenoxy) is 2. The summed E-state index contributed by atoms with van der Waals surface area (Å²) in [4.78, 5) is 0. The highest BCUT2D eigenvalue weighted by Gasteiger charge is 2.12. The molecule has 0 bridgehead atoms. The molecule has 0 aliphatic carbocycles. The van der Waals surface area contributed by atoms with Crippen LogP contribution in [0.15, 0.2) is 18.2 Å². The molecule has 3 nitrogen and oxygen atoms in total. The Balaban J connectivity index is 2.86. The molecule has 0 fully saturated rings. The first kappa shape index (κ1) is 15.8. The molecular weight excluding hydrogens is 238 g/mol. The summed E-state index contributed by atoms with van der Waals surface area (Å²) in [6.07, 6.45) is 1.06. The van der Waals surface area contributed by atoms with Crippen molar-refractivity contribution in [3.05, 3.63) is 23.8 Å². The number of hydrogen-bond acceptors (Lipinski definition) is 3. The van der Waals surface area contributed by atoms with E-state index in [4.69, 9.17) is 9.47 Å². The Bertz CT molecular complexity index is 377. The van der Waals surface area contributed by atoms with Gasteiger partial charge in [0.05, 0.1) is 13.7 Å². The third-order valence-corrected chi connectivity index (χ3v) is 3.07. The monoisotopic (exact) mass is 265 g/mol. The normalized spacial score (nSPS) is 12.5. The van der Waals surface area contributed by atoms with Crippen LogP contribution in [0.1, 0.15) is 45.7 Å². The van der Waals surface area contributed by atoms with Crippen LogP contribution in [0.5, 0.6) is 11.5 Å². The van der Waals surface area contributed by atoms with Crippen molar-refractivity contribution in [2.24, 2.45) is 5.92 Å². The van der Waals surface area contributed by atoms with Gasteiger partial charge in [-0.05, 0) is 43.5 Å². The van der Waals surface area contributed by atoms with Gasteiger partial charge in [-0.2, -0.15) is 0 Å². The van der Waals surface area contributed by atoms with E-state index in [0.717, 1.165) is 24.5 Å². The minimum atomic E-state index is 0.368. The fraction of sp³-hybridized carbons (Fsp3) is 0.625. The standard InChI is InChI=1S/C16H27NO2/c1-6-14(17-11-12(3)4)13-8-9-15(19-7-2)16(10-13)18-5/h8-10,12,14,17H,6-7,11H2,1-5H3/t14-/m0/s1. The van der Waals surface area contributed by atoms with E-state index in [-0.39, 0.29) is 0 Å². The van der Waals surface area contributed by atoms with E-state index in [9.17, 15) is 0 Å². The molecule has 0 aliphatic rings. The SMILES string of the molecule is CCOc1ccc([C@H](CC)NCC(C)C)cc1OC. The van der Waals surface area contributed by atoms with Gasteiger partial charge in [-0.15, -0.1) is 0 Å². The number of nitrogens with one attached hydrogen (secondary N) is 1. The van der Waals surface area contributed by atoms with Gasteiger partial charge in [0, 0.05) is 6.04 Å². The molecule has 3 heteroatoms. The van der Waals surface area contributed by atoms with E-state index in [0.29, 0.717) is 18.6 Å². The van der Waals surface area contributed by atoms with Crippen LogP contribution in [-0.4, -0.2) is 20.3 Å². The van der Waals surface area contributed by atoms with E-state index in [1.165, 1.54) is 5.56 Å². The Morgan fingerprint density at radius 2 is 1.89 bits per heavy atom. The van der Waals surface area contributed by atoms with Crippen LogP contribution >= 0.6 is 0 Å². The molecule has 0 saturated carbocycles. The molecule has 108 valence electrons. The van der Waals surface area contributed by atoms with Gasteiger partial charge in [0.25, 0.3) is 0 Å². The lowest BCUT2D eigenvalue weighted by atomic mass is 10.0. The molecule has 0 radical (unpaired) electrons. The second kappa shape index (κ2) is 8.05. The lowest BCUT2D eigenvalue weighted by Crippen LogP contribution is -2.25. The quantitative estimate of drug-likeness (QED) is 0.775. The lowest BCUT2D eigenvalue weighted by molar-refractivity contribution is 0.310. The van der Waals surface area contributed by atoms with E-state index >= 15 is 0 Å². The molecule has 0 unspecified atom stereocenters. The van der Waals surface area contributed by atoms with Gasteiger partial charge in [0.2, 0.25) is 0 Å². The van der Waals surface area contributed by atoms with Crippen molar-refractivity contribution in [1.29, 1.82) is 0 Å². The fourth-order valence-corrected chi connectivity index (χ4v) is 2.05. The zero-order valence-corrected chi connectivity index (χ0v) is 12.8. The van der Waals surface area contributed by atoms with Gasteiger partial charge in [0.1, 0.15) is 0 Å². The third-order valence-electron chi connectivity index (χ3n) is 3.07. The van der Waals surface area contributed by atoms with Crippen LogP contribution < -0.4 is 14.8 Å². The van der Waals surface area contributed by atoms with Crippen LogP contribution in [0.2, 0.25) is 0 Å². The first-order valence-corrected chi connectivity index (χ1v) is 7.16. The zero-order chi connectivity index (χ0) is 14.3. The minimum absolute atomic E-state index is 0.368. The Morgan fingerprint density at radius 3 is 2.42 bits per heavy atom. The molecule has 1 atom stereocenters. The maximum atomic E-state index is 5.55. The van der Waals surface area contributed by atoms with Crippen molar-refractivity contribution in [2.45, 2.75) is 40.2 Å². The fourth-order valence-electron chi connectivity index (χ4n) is 2.05. The molecule has 0 aliphatic heterocycles. The Labute approximate surface area is 117 Å². The van der Waals surface area contributed by atoms with Gasteiger partial charge < -0.3 is 14.8 Å². The van der Waals surface area contributed by atoms with Crippen LogP contribution in [0.25, 0.3) is 0 Å². The van der Waals surface area contributed by atoms with Crippen molar-refractivity contribution in [1.82, 2.24) is 5.32 Å². The number of rotatable bonds is 8. The first-order valence-electron chi connectivity index (χ1n) is 7.16. The number of hydrogen-bond donors (Lipinski definition) is 1. The summed E-state index contributed by atoms with van der Waals surface area (Å²) in [5, 5.41) is 3.59. The first-order chi connectivity index (χ1) is 9.12. The highest BCUT2D eigenvalue weighted by molar-refractivity contribution is 5.43. The summed E-state index contributed by atoms with van der Waals surface area (Å²) in [7, 11) is 1.68. The van der Waals surface area contributed by atoms with E-state index in [1.807, 2.05) is 13.0 Å². The van der Waals surface area contributed by atoms with Gasteiger partial charge >= 0.3 is 0 Å². The number of benzene rings is 1. The van der Waals surface area contributed by atoms with Crippen LogP contribution in [0.3, 0.4) is 0 Å². The Hall–Kier alpha value is -1.22. The highest BCUT2D eigenvalue weighted by atomic mass is 16.5. The van der Waals surface area contributed by atoms with Crippen molar-refractivity contribution in [3.63, 3.8) is 0 Å². The summed E-state index contributed by atoms with van der Waals surface area (Å²) in [5.41, 5.74) is 1.25. The predicted molar refractivity (Wildman–Crippen MR) is 80.0 cm³/mol. The second-order valence-corrected chi connectivity index (χ2v) is 5.11. The van der Waals surface area contributed by atoms with Gasteiger partial charge in [-0.25, -0.2) is 0 Å². The number of methoxy groups -OCH3 is 1. The smallest absolute Gasteiger partial charge is 0.161 e. The van der Waals surface area contributed by atoms with Crippen LogP contribution in [0.4, 0.5) is 0 Å². The highest BCUT2D eigenvalue weighted by Crippen LogP contribution is 2.31. The van der Waals surface area contributed by atoms with Crippen molar-refractivity contribution in [3.8, 4) is 11.5 Å². The summed E-state index contributed by atoms with van der Waals surface area (Å²) in [6, 6.07) is 6.56. The van der Waals surface area contributed by atoms with E-state index < -0.39 is 0 Å². The summed E-state index contributed by atoms with van der Waals surface area (Å²) in [5.74, 6) is 2.27. The lowest BCUT2D eigenvalue weighted by Gasteiger charge is -2.20. The Morgan fingerprint density at radius 1 is 1.16 bits per heavy atom. The molecule has 1 aromatic rings. The van der Waals surface area contributed by atoms with Crippen LogP contribution in [-0.2, 0) is 0 Å². The van der Waals surface area contributed by atoms with Crippen molar-refractivity contribution < 1.29 is 9.47 Å². The van der Waals surface area contributed by atoms with E-state index in [2.05, 4.69) is 38.2 Å². The van der Waals surface area contributed by atoms with Crippen molar-refractivity contribution >= 4 is 0 Å². The summed E-state index contributed by atoms with van der Waals surface area (Å²) in [6.45, 7) is 10.3. The average molecular weight is 265 g/mol. The molecule has 0 aromatic heterocycles. The van der Waals surface area contributed by atoms with Crippen molar-refractivity contribution in [2.75, 3.05) is 20.3 Å². The molecule has 0 saturated heterocycles. The van der Waals surface area contributed by atoms with Crippen LogP contribution in [0, 0.1) is 5.92 Å². The third kappa shape index (κ3) is 4.75. The van der Waals surface area contributed by atoms with Gasteiger partial charge in [-0.1, -0.05) is 26.8 Å². The maximum Gasteiger partial charge on any atom is 0.161 e. The average Bonchev–Trinajstić information content (AvgIpc) is 2.40. The van der Waals surface area contributed by atoms with Gasteiger partial charge in [-0.3, -0.25) is 0 Å². The second-order valence-electron chi connectivity index (χ2n) is 5.11. The molecule has 1 aromatic carbocycles. The molecule has 1 rings (SSSR count). The summed E-state index contributed by atoms with van der Waals surface area (Å²) < 4.78 is 11.0. The van der Waals surface area contributed by atoms with Gasteiger partial charge in [0.15, 0.2) is 11.5 Å². The largest absolute Gasteiger partial charge is 0.493 e. The van der Waals surface area contributed by atoms with E-state index in [1.54, 1.807) is 7.11 Å². The molecule has 1 N–H and O–H groups in total. The molecule has 19 heavy (non-hydrogen) atoms. The molecular formula is C16H27NO2. The Kier molecular flexibility index (Phi) is 6.71. The molecule has 0 heterocycles.